The van der Waals surface area contributed by atoms with Gasteiger partial charge in [0.2, 0.25) is 0 Å². The van der Waals surface area contributed by atoms with Gasteiger partial charge in [-0.25, -0.2) is 18.7 Å². The fraction of sp³-hybridized carbons (Fsp3) is 0.579. The van der Waals surface area contributed by atoms with E-state index < -0.39 is 82.0 Å². The van der Waals surface area contributed by atoms with Gasteiger partial charge in [0, 0.05) is 36.7 Å². The average Bonchev–Trinajstić information content (AvgIpc) is 3.41. The highest BCUT2D eigenvalue weighted by atomic mass is 31.2. The highest BCUT2D eigenvalue weighted by Crippen LogP contribution is 2.49. The molecule has 21 heteroatoms. The van der Waals surface area contributed by atoms with Crippen molar-refractivity contribution in [3.63, 3.8) is 0 Å². The average molecular weight is 611 g/mol. The SMILES string of the molecule is Cc1cn([C@H]2C[C@H](O)[C@H](C(OP(=O)(O)O)C3C[C@H](n4ccc(N)nc4=O)O[C@H]3COP(=O)(O)O)O2)c(=O)[nH]c1=O. The highest BCUT2D eigenvalue weighted by Gasteiger charge is 2.52. The lowest BCUT2D eigenvalue weighted by atomic mass is 9.89. The quantitative estimate of drug-likeness (QED) is 0.148. The van der Waals surface area contributed by atoms with Crippen LogP contribution in [0, 0.1) is 12.8 Å². The van der Waals surface area contributed by atoms with Crippen LogP contribution in [0.2, 0.25) is 0 Å². The smallest absolute Gasteiger partial charge is 0.390 e. The fourth-order valence-electron chi connectivity index (χ4n) is 4.73. The van der Waals surface area contributed by atoms with E-state index in [1.807, 2.05) is 0 Å². The largest absolute Gasteiger partial charge is 0.469 e. The molecule has 2 aliphatic rings. The molecule has 0 radical (unpaired) electrons. The Morgan fingerprint density at radius 2 is 1.80 bits per heavy atom. The fourth-order valence-corrected chi connectivity index (χ4v) is 5.66. The van der Waals surface area contributed by atoms with E-state index in [1.54, 1.807) is 0 Å². The van der Waals surface area contributed by atoms with E-state index >= 15 is 0 Å². The Labute approximate surface area is 223 Å². The first-order valence-corrected chi connectivity index (χ1v) is 14.7. The van der Waals surface area contributed by atoms with Gasteiger partial charge in [-0.1, -0.05) is 0 Å². The number of H-pyrrole nitrogens is 1. The van der Waals surface area contributed by atoms with Gasteiger partial charge in [0.25, 0.3) is 5.56 Å². The zero-order chi connectivity index (χ0) is 29.6. The van der Waals surface area contributed by atoms with Gasteiger partial charge in [0.15, 0.2) is 0 Å². The number of rotatable bonds is 9. The summed E-state index contributed by atoms with van der Waals surface area (Å²) in [6, 6.07) is 1.28. The lowest BCUT2D eigenvalue weighted by molar-refractivity contribution is -0.112. The van der Waals surface area contributed by atoms with Gasteiger partial charge < -0.3 is 39.9 Å². The Morgan fingerprint density at radius 1 is 1.12 bits per heavy atom. The van der Waals surface area contributed by atoms with Crippen molar-refractivity contribution >= 4 is 21.5 Å². The Bertz CT molecular complexity index is 1510. The molecule has 0 amide bonds. The number of nitrogen functional groups attached to an aromatic ring is 1. The summed E-state index contributed by atoms with van der Waals surface area (Å²) >= 11 is 0. The highest BCUT2D eigenvalue weighted by molar-refractivity contribution is 7.46. The minimum absolute atomic E-state index is 0.0962. The Balaban J connectivity index is 1.70. The number of nitrogens with two attached hydrogens (primary N) is 1. The van der Waals surface area contributed by atoms with E-state index in [1.165, 1.54) is 25.4 Å². The summed E-state index contributed by atoms with van der Waals surface area (Å²) in [4.78, 5) is 79.9. The maximum absolute atomic E-state index is 12.4. The topological polar surface area (TPSA) is 288 Å². The Hall–Kier alpha value is -2.54. The molecule has 2 saturated heterocycles. The molecule has 0 aliphatic carbocycles. The zero-order valence-electron chi connectivity index (χ0n) is 20.6. The van der Waals surface area contributed by atoms with Crippen molar-refractivity contribution in [2.75, 3.05) is 12.3 Å². The number of phosphoric acid groups is 2. The van der Waals surface area contributed by atoms with E-state index in [-0.39, 0.29) is 24.2 Å². The first-order chi connectivity index (χ1) is 18.5. The van der Waals surface area contributed by atoms with Gasteiger partial charge in [-0.2, -0.15) is 4.98 Å². The van der Waals surface area contributed by atoms with Crippen molar-refractivity contribution in [2.45, 2.75) is 56.6 Å². The molecule has 0 bridgehead atoms. The summed E-state index contributed by atoms with van der Waals surface area (Å²) in [6.07, 6.45) is -6.55. The second-order valence-corrected chi connectivity index (χ2v) is 11.7. The van der Waals surface area contributed by atoms with Gasteiger partial charge in [0.1, 0.15) is 30.5 Å². The molecular formula is C19H27N5O14P2. The molecule has 4 heterocycles. The molecule has 0 saturated carbocycles. The van der Waals surface area contributed by atoms with Crippen molar-refractivity contribution in [2.24, 2.45) is 5.92 Å². The number of aromatic amines is 1. The van der Waals surface area contributed by atoms with Crippen molar-refractivity contribution < 1.29 is 52.3 Å². The maximum atomic E-state index is 12.4. The minimum atomic E-state index is -5.31. The van der Waals surface area contributed by atoms with Crippen molar-refractivity contribution in [3.8, 4) is 0 Å². The number of hydrogen-bond acceptors (Lipinski definition) is 12. The molecule has 8 N–H and O–H groups in total. The van der Waals surface area contributed by atoms with Gasteiger partial charge in [0.05, 0.1) is 18.8 Å². The third kappa shape index (κ3) is 7.02. The standard InChI is InChI=1S/C19H27N5O14P2/c1-8-6-24(19(28)22-17(8)26)14-5-10(25)16(37-14)15(38-40(32,33)34)9-4-13(23-3-2-12(20)21-18(23)27)36-11(9)7-35-39(29,30)31/h2-3,6,9-11,13-16,25H,4-5,7H2,1H3,(H2,20,21,27)(H,22,26,28)(H2,29,30,31)(H2,32,33,34)/t9?,10-,11-,13+,14+,15?,16+/m0/s1. The lowest BCUT2D eigenvalue weighted by Crippen LogP contribution is -2.45. The summed E-state index contributed by atoms with van der Waals surface area (Å²) in [5.41, 5.74) is 3.30. The van der Waals surface area contributed by atoms with Crippen LogP contribution in [0.4, 0.5) is 5.82 Å². The molecule has 40 heavy (non-hydrogen) atoms. The van der Waals surface area contributed by atoms with Gasteiger partial charge in [-0.3, -0.25) is 28.0 Å². The van der Waals surface area contributed by atoms with Crippen molar-refractivity contribution in [1.29, 1.82) is 0 Å². The number of anilines is 1. The predicted molar refractivity (Wildman–Crippen MR) is 130 cm³/mol. The molecule has 0 spiro atoms. The number of aliphatic hydroxyl groups is 1. The molecular weight excluding hydrogens is 584 g/mol. The lowest BCUT2D eigenvalue weighted by Gasteiger charge is -2.32. The molecule has 2 aromatic heterocycles. The number of hydrogen-bond donors (Lipinski definition) is 7. The second kappa shape index (κ2) is 11.4. The molecule has 2 aliphatic heterocycles. The molecule has 7 atom stereocenters. The zero-order valence-corrected chi connectivity index (χ0v) is 22.4. The normalized spacial score (nSPS) is 28.1. The Kier molecular flexibility index (Phi) is 8.66. The molecule has 19 nitrogen and oxygen atoms in total. The van der Waals surface area contributed by atoms with Crippen LogP contribution >= 0.6 is 15.6 Å². The van der Waals surface area contributed by atoms with E-state index in [9.17, 15) is 48.2 Å². The number of aliphatic hydroxyl groups excluding tert-OH is 1. The van der Waals surface area contributed by atoms with E-state index in [0.29, 0.717) is 0 Å². The summed E-state index contributed by atoms with van der Waals surface area (Å²) in [6.45, 7) is 0.612. The number of aromatic nitrogens is 4. The van der Waals surface area contributed by atoms with E-state index in [0.717, 1.165) is 9.13 Å². The molecule has 2 unspecified atom stereocenters. The third-order valence-electron chi connectivity index (χ3n) is 6.45. The van der Waals surface area contributed by atoms with Gasteiger partial charge in [-0.15, -0.1) is 0 Å². The number of aryl methyl sites for hydroxylation is 1. The summed E-state index contributed by atoms with van der Waals surface area (Å²) < 4.78 is 46.5. The third-order valence-corrected chi connectivity index (χ3v) is 7.45. The van der Waals surface area contributed by atoms with Crippen LogP contribution in [0.3, 0.4) is 0 Å². The van der Waals surface area contributed by atoms with Crippen LogP contribution in [-0.4, -0.2) is 74.8 Å². The molecule has 0 aromatic carbocycles. The number of phosphoric ester groups is 2. The van der Waals surface area contributed by atoms with Crippen LogP contribution in [0.25, 0.3) is 0 Å². The van der Waals surface area contributed by atoms with Crippen LogP contribution in [-0.2, 0) is 27.7 Å². The summed E-state index contributed by atoms with van der Waals surface area (Å²) in [5, 5.41) is 10.8. The second-order valence-electron chi connectivity index (χ2n) is 9.25. The minimum Gasteiger partial charge on any atom is -0.390 e. The van der Waals surface area contributed by atoms with Crippen molar-refractivity contribution in [1.82, 2.24) is 19.1 Å². The Morgan fingerprint density at radius 3 is 2.42 bits per heavy atom. The first kappa shape index (κ1) is 30.4. The molecule has 2 fully saturated rings. The molecule has 2 aromatic rings. The summed E-state index contributed by atoms with van der Waals surface area (Å²) in [5.74, 6) is -1.30. The molecule has 222 valence electrons. The molecule has 4 rings (SSSR count). The van der Waals surface area contributed by atoms with Crippen LogP contribution in [0.5, 0.6) is 0 Å². The van der Waals surface area contributed by atoms with Gasteiger partial charge >= 0.3 is 27.0 Å². The van der Waals surface area contributed by atoms with Crippen LogP contribution < -0.4 is 22.7 Å². The summed E-state index contributed by atoms with van der Waals surface area (Å²) in [7, 11) is -10.4. The number of ether oxygens (including phenoxy) is 2. The predicted octanol–water partition coefficient (Wildman–Crippen LogP) is -2.18. The van der Waals surface area contributed by atoms with Crippen molar-refractivity contribution in [3.05, 3.63) is 55.3 Å². The van der Waals surface area contributed by atoms with E-state index in [2.05, 4.69) is 14.5 Å². The van der Waals surface area contributed by atoms with E-state index in [4.69, 9.17) is 19.7 Å². The maximum Gasteiger partial charge on any atom is 0.469 e. The number of nitrogens with one attached hydrogen (secondary N) is 1. The van der Waals surface area contributed by atoms with Crippen LogP contribution in [0.1, 0.15) is 30.9 Å². The van der Waals surface area contributed by atoms with Crippen LogP contribution in [0.15, 0.2) is 32.8 Å². The van der Waals surface area contributed by atoms with Gasteiger partial charge in [-0.05, 0) is 13.0 Å². The number of nitrogens with zero attached hydrogens (tertiary/aromatic N) is 3. The monoisotopic (exact) mass is 611 g/mol. The first-order valence-electron chi connectivity index (χ1n) is 11.6.